The van der Waals surface area contributed by atoms with Gasteiger partial charge in [-0.2, -0.15) is 13.2 Å². The molecule has 1 aliphatic carbocycles. The van der Waals surface area contributed by atoms with Crippen LogP contribution in [0.2, 0.25) is 0 Å². The molecule has 0 spiro atoms. The van der Waals surface area contributed by atoms with Gasteiger partial charge in [0.15, 0.2) is 11.2 Å². The molecule has 0 bridgehead atoms. The molecule has 0 radical (unpaired) electrons. The molecule has 0 unspecified atom stereocenters. The van der Waals surface area contributed by atoms with E-state index >= 15 is 0 Å². The standard InChI is InChI=1S/C35H38F3N3O7S/c1-32(2,3)47-30(44)34(31(45)48-33(4,5)6,13-14-41-29(43)24-16-22(35(36,37)38)10-12-25(24)39-40-41)18-26(42)28-15-21-9-11-23(17-27(21)49-28)46-19-20-7-8-20/h9-12,15-17,20H,7-8,13-14,18-19H2,1-6H3. The van der Waals surface area contributed by atoms with E-state index in [-0.39, 0.29) is 15.8 Å². The number of esters is 2. The Hall–Kier alpha value is -4.33. The zero-order valence-corrected chi connectivity index (χ0v) is 28.9. The van der Waals surface area contributed by atoms with E-state index in [0.717, 1.165) is 39.7 Å². The number of aromatic nitrogens is 3. The van der Waals surface area contributed by atoms with Crippen LogP contribution in [0.4, 0.5) is 13.2 Å². The number of fused-ring (bicyclic) bond motifs is 2. The van der Waals surface area contributed by atoms with Crippen molar-refractivity contribution in [2.24, 2.45) is 11.3 Å². The molecular weight excluding hydrogens is 663 g/mol. The van der Waals surface area contributed by atoms with Crippen LogP contribution in [-0.2, 0) is 31.8 Å². The number of nitrogens with zero attached hydrogens (tertiary/aromatic N) is 3. The number of hydrogen-bond acceptors (Lipinski definition) is 10. The SMILES string of the molecule is CC(C)(C)OC(=O)C(CCn1nnc2ccc(C(F)(F)F)cc2c1=O)(CC(=O)c1cc2ccc(OCC3CC3)cc2s1)C(=O)OC(C)(C)C. The van der Waals surface area contributed by atoms with E-state index in [9.17, 15) is 32.3 Å². The molecule has 1 saturated carbocycles. The maximum Gasteiger partial charge on any atom is 0.416 e. The van der Waals surface area contributed by atoms with Crippen molar-refractivity contribution in [3.05, 3.63) is 63.3 Å². The van der Waals surface area contributed by atoms with Crippen molar-refractivity contribution >= 4 is 50.0 Å². The fourth-order valence-corrected chi connectivity index (χ4v) is 6.09. The van der Waals surface area contributed by atoms with E-state index in [1.807, 2.05) is 18.2 Å². The number of hydrogen-bond donors (Lipinski definition) is 0. The molecule has 1 fully saturated rings. The van der Waals surface area contributed by atoms with Crippen molar-refractivity contribution in [1.82, 2.24) is 15.0 Å². The van der Waals surface area contributed by atoms with Crippen molar-refractivity contribution in [3.8, 4) is 5.75 Å². The Morgan fingerprint density at radius 1 is 0.918 bits per heavy atom. The minimum Gasteiger partial charge on any atom is -0.493 e. The van der Waals surface area contributed by atoms with Crippen LogP contribution in [0.5, 0.6) is 5.75 Å². The Morgan fingerprint density at radius 2 is 1.57 bits per heavy atom. The van der Waals surface area contributed by atoms with Gasteiger partial charge >= 0.3 is 18.1 Å². The third kappa shape index (κ3) is 8.64. The first-order valence-electron chi connectivity index (χ1n) is 15.9. The molecule has 10 nitrogen and oxygen atoms in total. The average molecular weight is 702 g/mol. The summed E-state index contributed by atoms with van der Waals surface area (Å²) in [6.45, 7) is 9.72. The smallest absolute Gasteiger partial charge is 0.416 e. The summed E-state index contributed by atoms with van der Waals surface area (Å²) < 4.78 is 59.1. The van der Waals surface area contributed by atoms with E-state index in [0.29, 0.717) is 24.3 Å². The van der Waals surface area contributed by atoms with Crippen molar-refractivity contribution < 1.29 is 41.8 Å². The highest BCUT2D eigenvalue weighted by atomic mass is 32.1. The Morgan fingerprint density at radius 3 is 2.16 bits per heavy atom. The number of Topliss-reactive ketones (excluding diaryl/α,β-unsaturated/α-hetero) is 1. The Kier molecular flexibility index (Phi) is 9.67. The molecular formula is C35H38F3N3O7S. The molecule has 0 amide bonds. The summed E-state index contributed by atoms with van der Waals surface area (Å²) in [5, 5.41) is 8.14. The van der Waals surface area contributed by atoms with Gasteiger partial charge in [-0.1, -0.05) is 5.21 Å². The van der Waals surface area contributed by atoms with E-state index in [1.165, 1.54) is 11.3 Å². The summed E-state index contributed by atoms with van der Waals surface area (Å²) in [5.41, 5.74) is -6.49. The van der Waals surface area contributed by atoms with E-state index in [4.69, 9.17) is 14.2 Å². The zero-order chi connectivity index (χ0) is 35.9. The summed E-state index contributed by atoms with van der Waals surface area (Å²) in [5.74, 6) is -1.44. The molecule has 1 aliphatic rings. The lowest BCUT2D eigenvalue weighted by Crippen LogP contribution is -2.49. The average Bonchev–Trinajstić information content (AvgIpc) is 3.72. The molecule has 0 saturated heterocycles. The number of halogens is 3. The summed E-state index contributed by atoms with van der Waals surface area (Å²) in [7, 11) is 0. The number of aryl methyl sites for hydroxylation is 1. The fourth-order valence-electron chi connectivity index (χ4n) is 5.07. The Bertz CT molecular complexity index is 1940. The zero-order valence-electron chi connectivity index (χ0n) is 28.1. The summed E-state index contributed by atoms with van der Waals surface area (Å²) in [6.07, 6.45) is -3.63. The first-order valence-corrected chi connectivity index (χ1v) is 16.7. The minimum atomic E-state index is -4.71. The molecule has 4 aromatic rings. The first-order chi connectivity index (χ1) is 22.7. The van der Waals surface area contributed by atoms with Gasteiger partial charge in [0.05, 0.1) is 22.4 Å². The third-order valence-corrected chi connectivity index (χ3v) is 8.93. The van der Waals surface area contributed by atoms with Gasteiger partial charge < -0.3 is 14.2 Å². The maximum absolute atomic E-state index is 14.1. The predicted molar refractivity (Wildman–Crippen MR) is 177 cm³/mol. The molecule has 2 aromatic heterocycles. The van der Waals surface area contributed by atoms with E-state index in [2.05, 4.69) is 10.3 Å². The summed E-state index contributed by atoms with van der Waals surface area (Å²) in [4.78, 5) is 55.8. The van der Waals surface area contributed by atoms with Crippen LogP contribution >= 0.6 is 11.3 Å². The highest BCUT2D eigenvalue weighted by Crippen LogP contribution is 2.39. The summed E-state index contributed by atoms with van der Waals surface area (Å²) in [6, 6.07) is 9.65. The van der Waals surface area contributed by atoms with Crippen molar-refractivity contribution in [2.75, 3.05) is 6.61 Å². The topological polar surface area (TPSA) is 127 Å². The van der Waals surface area contributed by atoms with Crippen molar-refractivity contribution in [3.63, 3.8) is 0 Å². The van der Waals surface area contributed by atoms with Gasteiger partial charge in [0, 0.05) is 17.7 Å². The number of carbonyl (C=O) groups is 3. The van der Waals surface area contributed by atoms with Crippen LogP contribution in [0.25, 0.3) is 21.0 Å². The highest BCUT2D eigenvalue weighted by molar-refractivity contribution is 7.20. The quantitative estimate of drug-likeness (QED) is 0.0911. The second kappa shape index (κ2) is 13.2. The van der Waals surface area contributed by atoms with Gasteiger partial charge in [0.1, 0.15) is 22.5 Å². The molecule has 0 N–H and O–H groups in total. The van der Waals surface area contributed by atoms with Crippen molar-refractivity contribution in [2.45, 2.75) is 91.1 Å². The van der Waals surface area contributed by atoms with Crippen LogP contribution in [0.1, 0.15) is 82.5 Å². The number of ether oxygens (including phenoxy) is 3. The van der Waals surface area contributed by atoms with Gasteiger partial charge in [-0.15, -0.1) is 16.4 Å². The van der Waals surface area contributed by atoms with Crippen LogP contribution in [0.3, 0.4) is 0 Å². The van der Waals surface area contributed by atoms with Crippen LogP contribution < -0.4 is 10.3 Å². The Labute approximate surface area is 284 Å². The van der Waals surface area contributed by atoms with Gasteiger partial charge in [0.25, 0.3) is 5.56 Å². The lowest BCUT2D eigenvalue weighted by atomic mass is 9.78. The molecule has 2 aromatic carbocycles. The molecule has 14 heteroatoms. The van der Waals surface area contributed by atoms with Crippen LogP contribution in [-0.4, -0.2) is 50.5 Å². The van der Waals surface area contributed by atoms with Gasteiger partial charge in [-0.05, 0) is 115 Å². The molecule has 262 valence electrons. The van der Waals surface area contributed by atoms with Gasteiger partial charge in [0.2, 0.25) is 0 Å². The number of benzene rings is 2. The van der Waals surface area contributed by atoms with E-state index < -0.39 is 71.0 Å². The predicted octanol–water partition coefficient (Wildman–Crippen LogP) is 7.15. The summed E-state index contributed by atoms with van der Waals surface area (Å²) >= 11 is 1.18. The molecule has 49 heavy (non-hydrogen) atoms. The first kappa shape index (κ1) is 36.0. The Balaban J connectivity index is 1.53. The maximum atomic E-state index is 14.1. The van der Waals surface area contributed by atoms with Crippen molar-refractivity contribution in [1.29, 1.82) is 0 Å². The lowest BCUT2D eigenvalue weighted by Gasteiger charge is -2.34. The number of alkyl halides is 3. The third-order valence-electron chi connectivity index (χ3n) is 7.79. The number of thiophene rings is 1. The normalized spacial score (nSPS) is 14.2. The lowest BCUT2D eigenvalue weighted by molar-refractivity contribution is -0.186. The van der Waals surface area contributed by atoms with E-state index in [1.54, 1.807) is 47.6 Å². The number of rotatable bonds is 11. The van der Waals surface area contributed by atoms with Crippen LogP contribution in [0.15, 0.2) is 47.3 Å². The highest BCUT2D eigenvalue weighted by Gasteiger charge is 2.52. The van der Waals surface area contributed by atoms with Crippen LogP contribution in [0, 0.1) is 11.3 Å². The monoisotopic (exact) mass is 701 g/mol. The molecule has 0 aliphatic heterocycles. The van der Waals surface area contributed by atoms with Gasteiger partial charge in [-0.3, -0.25) is 19.2 Å². The number of ketones is 1. The second-order valence-corrected chi connectivity index (χ2v) is 15.4. The minimum absolute atomic E-state index is 0.0687. The molecule has 5 rings (SSSR count). The molecule has 0 atom stereocenters. The second-order valence-electron chi connectivity index (χ2n) is 14.3. The fraction of sp³-hybridized carbons (Fsp3) is 0.486. The molecule has 2 heterocycles. The van der Waals surface area contributed by atoms with Gasteiger partial charge in [-0.25, -0.2) is 4.68 Å². The number of carbonyl (C=O) groups excluding carboxylic acids is 3. The largest absolute Gasteiger partial charge is 0.493 e.